The summed E-state index contributed by atoms with van der Waals surface area (Å²) >= 11 is 1.80. The van der Waals surface area contributed by atoms with Crippen LogP contribution in [0.2, 0.25) is 0 Å². The van der Waals surface area contributed by atoms with E-state index < -0.39 is 10.1 Å². The Morgan fingerprint density at radius 3 is 2.17 bits per heavy atom. The van der Waals surface area contributed by atoms with Gasteiger partial charge in [-0.3, -0.25) is 0 Å². The highest BCUT2D eigenvalue weighted by atomic mass is 32.2. The molecule has 1 aliphatic carbocycles. The summed E-state index contributed by atoms with van der Waals surface area (Å²) in [6.45, 7) is 5.12. The van der Waals surface area contributed by atoms with Gasteiger partial charge in [0.25, 0.3) is 10.3 Å². The van der Waals surface area contributed by atoms with Gasteiger partial charge in [0.15, 0.2) is 0 Å². The van der Waals surface area contributed by atoms with Gasteiger partial charge in [0.2, 0.25) is 0 Å². The number of hydrogen-bond acceptors (Lipinski definition) is 5. The molecule has 0 radical (unpaired) electrons. The van der Waals surface area contributed by atoms with Crippen LogP contribution in [-0.4, -0.2) is 18.1 Å². The summed E-state index contributed by atoms with van der Waals surface area (Å²) in [5.41, 5.74) is 8.08. The Kier molecular flexibility index (Phi) is 5.19. The Labute approximate surface area is 213 Å². The molecule has 6 aromatic rings. The monoisotopic (exact) mass is 510 g/mol. The fourth-order valence-corrected chi connectivity index (χ4v) is 7.20. The largest absolute Gasteiger partial charge is 0.744 e. The number of aryl methyl sites for hydroxylation is 3. The smallest absolute Gasteiger partial charge is 0.295 e. The number of hydrogen-bond donors (Lipinski definition) is 0. The van der Waals surface area contributed by atoms with Gasteiger partial charge >= 0.3 is 0 Å². The van der Waals surface area contributed by atoms with Crippen molar-refractivity contribution in [3.63, 3.8) is 0 Å². The van der Waals surface area contributed by atoms with Crippen molar-refractivity contribution in [1.82, 2.24) is 5.10 Å². The molecular formula is C29H22N2O3S2. The zero-order valence-electron chi connectivity index (χ0n) is 19.9. The molecule has 7 rings (SSSR count). The van der Waals surface area contributed by atoms with Crippen molar-refractivity contribution in [3.8, 4) is 22.4 Å². The highest BCUT2D eigenvalue weighted by Gasteiger charge is 2.28. The summed E-state index contributed by atoms with van der Waals surface area (Å²) in [4.78, 5) is 1.10. The van der Waals surface area contributed by atoms with Crippen molar-refractivity contribution >= 4 is 47.3 Å². The molecule has 2 heterocycles. The second-order valence-electron chi connectivity index (χ2n) is 9.12. The molecule has 0 aliphatic heterocycles. The summed E-state index contributed by atoms with van der Waals surface area (Å²) in [6.07, 6.45) is 0. The molecule has 178 valence electrons. The minimum Gasteiger partial charge on any atom is -0.744 e. The van der Waals surface area contributed by atoms with Gasteiger partial charge < -0.3 is 4.55 Å². The second kappa shape index (κ2) is 8.20. The molecule has 0 amide bonds. The first-order valence-corrected chi connectivity index (χ1v) is 13.8. The molecule has 1 aliphatic rings. The van der Waals surface area contributed by atoms with E-state index in [1.54, 1.807) is 37.3 Å². The van der Waals surface area contributed by atoms with Crippen LogP contribution in [0.3, 0.4) is 0 Å². The molecule has 0 bridgehead atoms. The van der Waals surface area contributed by atoms with Crippen LogP contribution in [0.15, 0.2) is 83.8 Å². The lowest BCUT2D eigenvalue weighted by Crippen LogP contribution is -2.25. The molecule has 0 spiro atoms. The van der Waals surface area contributed by atoms with E-state index in [1.807, 2.05) is 6.92 Å². The molecule has 4 aromatic carbocycles. The average Bonchev–Trinajstić information content (AvgIpc) is 3.34. The number of fused-ring (bicyclic) bond motifs is 6. The highest BCUT2D eigenvalue weighted by molar-refractivity contribution is 7.85. The van der Waals surface area contributed by atoms with Crippen LogP contribution in [0.4, 0.5) is 0 Å². The van der Waals surface area contributed by atoms with Gasteiger partial charge in [-0.25, -0.2) is 8.42 Å². The number of thiazole rings is 1. The highest BCUT2D eigenvalue weighted by Crippen LogP contribution is 2.46. The van der Waals surface area contributed by atoms with Crippen molar-refractivity contribution in [2.75, 3.05) is 0 Å². The molecular weight excluding hydrogens is 488 g/mol. The van der Waals surface area contributed by atoms with Gasteiger partial charge in [-0.2, -0.15) is 0 Å². The average molecular weight is 511 g/mol. The fraction of sp³-hybridized carbons (Fsp3) is 0.103. The SMILES string of the molecule is Cc1cc(C)c(S(=O)(=O)[O-])c(C)c1.c1cc2c3c(cccc3c1)-c1n[n+]3c(cc1-2)sc1ccccc13. The van der Waals surface area contributed by atoms with E-state index in [-0.39, 0.29) is 4.90 Å². The lowest BCUT2D eigenvalue weighted by molar-refractivity contribution is -0.547. The van der Waals surface area contributed by atoms with Crippen LogP contribution >= 0.6 is 11.3 Å². The maximum Gasteiger partial charge on any atom is 0.295 e. The summed E-state index contributed by atoms with van der Waals surface area (Å²) in [5.74, 6) is 0. The van der Waals surface area contributed by atoms with E-state index in [9.17, 15) is 13.0 Å². The van der Waals surface area contributed by atoms with E-state index >= 15 is 0 Å². The molecule has 36 heavy (non-hydrogen) atoms. The maximum absolute atomic E-state index is 10.8. The predicted molar refractivity (Wildman–Crippen MR) is 143 cm³/mol. The maximum atomic E-state index is 10.8. The molecule has 0 N–H and O–H groups in total. The molecule has 0 unspecified atom stereocenters. The lowest BCUT2D eigenvalue weighted by atomic mass is 10.0. The normalized spacial score (nSPS) is 12.1. The number of benzene rings is 4. The van der Waals surface area contributed by atoms with Crippen LogP contribution in [0.5, 0.6) is 0 Å². The third-order valence-corrected chi connectivity index (χ3v) is 8.75. The minimum atomic E-state index is -4.33. The summed E-state index contributed by atoms with van der Waals surface area (Å²) in [6, 6.07) is 27.2. The quantitative estimate of drug-likeness (QED) is 0.190. The van der Waals surface area contributed by atoms with Crippen LogP contribution in [0, 0.1) is 20.8 Å². The standard InChI is InChI=1S/C20H11N2S.C9H12O3S/c1-2-10-17-16(9-1)22-18(23-17)11-15-13-7-3-5-12-6-4-8-14(19(12)13)20(15)21-22;1-6-4-7(2)9(8(3)5-6)13(10,11)12/h1-11H;4-5H,1-3H3,(H,10,11,12)/q+1;/p-1. The van der Waals surface area contributed by atoms with Gasteiger partial charge in [0.1, 0.15) is 20.5 Å². The molecule has 0 saturated heterocycles. The second-order valence-corrected chi connectivity index (χ2v) is 11.5. The fourth-order valence-electron chi connectivity index (χ4n) is 5.26. The Morgan fingerprint density at radius 1 is 0.806 bits per heavy atom. The number of aromatic nitrogens is 2. The van der Waals surface area contributed by atoms with E-state index in [1.165, 1.54) is 42.5 Å². The van der Waals surface area contributed by atoms with E-state index in [2.05, 4.69) is 71.2 Å². The van der Waals surface area contributed by atoms with E-state index in [0.29, 0.717) is 11.1 Å². The minimum absolute atomic E-state index is 0.0851. The van der Waals surface area contributed by atoms with Gasteiger partial charge in [-0.05, 0) is 58.8 Å². The van der Waals surface area contributed by atoms with Crippen LogP contribution in [-0.2, 0) is 10.1 Å². The van der Waals surface area contributed by atoms with Crippen molar-refractivity contribution in [2.45, 2.75) is 25.7 Å². The van der Waals surface area contributed by atoms with E-state index in [4.69, 9.17) is 5.10 Å². The number of nitrogens with zero attached hydrogens (tertiary/aromatic N) is 2. The van der Waals surface area contributed by atoms with Crippen molar-refractivity contribution in [3.05, 3.63) is 95.6 Å². The summed E-state index contributed by atoms with van der Waals surface area (Å²) in [5, 5.41) is 7.63. The van der Waals surface area contributed by atoms with Gasteiger partial charge in [-0.1, -0.05) is 77.6 Å². The molecule has 0 atom stereocenters. The third kappa shape index (κ3) is 3.59. The van der Waals surface area contributed by atoms with Crippen molar-refractivity contribution in [2.24, 2.45) is 0 Å². The van der Waals surface area contributed by atoms with Gasteiger partial charge in [0, 0.05) is 28.4 Å². The Morgan fingerprint density at radius 2 is 1.47 bits per heavy atom. The molecule has 0 fully saturated rings. The summed E-state index contributed by atoms with van der Waals surface area (Å²) < 4.78 is 35.9. The first-order valence-electron chi connectivity index (χ1n) is 11.5. The van der Waals surface area contributed by atoms with Crippen LogP contribution in [0.25, 0.3) is 48.2 Å². The molecule has 2 aromatic heterocycles. The van der Waals surface area contributed by atoms with E-state index in [0.717, 1.165) is 11.3 Å². The zero-order chi connectivity index (χ0) is 25.2. The predicted octanol–water partition coefficient (Wildman–Crippen LogP) is 6.35. The first-order chi connectivity index (χ1) is 17.2. The Bertz CT molecular complexity index is 1930. The molecule has 7 heteroatoms. The van der Waals surface area contributed by atoms with Gasteiger partial charge in [0.05, 0.1) is 4.90 Å². The topological polar surface area (TPSA) is 74.2 Å². The zero-order valence-corrected chi connectivity index (χ0v) is 21.6. The van der Waals surface area contributed by atoms with Gasteiger partial charge in [-0.15, -0.1) is 0 Å². The first kappa shape index (κ1) is 22.8. The Balaban J connectivity index is 0.000000159. The van der Waals surface area contributed by atoms with Crippen molar-refractivity contribution in [1.29, 1.82) is 0 Å². The summed E-state index contributed by atoms with van der Waals surface area (Å²) in [7, 11) is -4.33. The third-order valence-electron chi connectivity index (χ3n) is 6.54. The lowest BCUT2D eigenvalue weighted by Gasteiger charge is -2.14. The molecule has 0 saturated carbocycles. The number of rotatable bonds is 1. The Hall–Kier alpha value is -3.65. The van der Waals surface area contributed by atoms with Crippen molar-refractivity contribution < 1.29 is 17.5 Å². The van der Waals surface area contributed by atoms with Crippen LogP contribution in [0.1, 0.15) is 16.7 Å². The van der Waals surface area contributed by atoms with Crippen LogP contribution < -0.4 is 4.52 Å². The number of para-hydroxylation sites is 1. The molecule has 5 nitrogen and oxygen atoms in total.